The zero-order valence-electron chi connectivity index (χ0n) is 11.1. The molecule has 1 aliphatic rings. The molecule has 2 N–H and O–H groups in total. The Morgan fingerprint density at radius 1 is 1.44 bits per heavy atom. The summed E-state index contributed by atoms with van der Waals surface area (Å²) in [6.07, 6.45) is 6.04. The average Bonchev–Trinajstić information content (AvgIpc) is 2.34. The highest BCUT2D eigenvalue weighted by Crippen LogP contribution is 2.34. The molecule has 4 nitrogen and oxygen atoms in total. The van der Waals surface area contributed by atoms with Gasteiger partial charge >= 0.3 is 0 Å². The van der Waals surface area contributed by atoms with E-state index in [1.807, 2.05) is 13.0 Å². The first-order valence-electron chi connectivity index (χ1n) is 6.71. The molecule has 0 unspecified atom stereocenters. The normalized spacial score (nSPS) is 16.8. The van der Waals surface area contributed by atoms with Gasteiger partial charge in [-0.25, -0.2) is 0 Å². The summed E-state index contributed by atoms with van der Waals surface area (Å²) >= 11 is 0. The number of hydrogen-bond donors (Lipinski definition) is 2. The topological polar surface area (TPSA) is 54.0 Å². The summed E-state index contributed by atoms with van der Waals surface area (Å²) in [5.74, 6) is -0.0590. The number of pyridine rings is 1. The lowest BCUT2D eigenvalue weighted by atomic mass is 9.75. The van der Waals surface area contributed by atoms with Gasteiger partial charge in [-0.05, 0) is 44.7 Å². The lowest BCUT2D eigenvalue weighted by molar-refractivity contribution is 0.0815. The minimum Gasteiger partial charge on any atom is -0.385 e. The summed E-state index contributed by atoms with van der Waals surface area (Å²) in [4.78, 5) is 16.3. The van der Waals surface area contributed by atoms with Crippen molar-refractivity contribution >= 4 is 11.6 Å². The van der Waals surface area contributed by atoms with Crippen LogP contribution in [0.15, 0.2) is 18.3 Å². The quantitative estimate of drug-likeness (QED) is 0.840. The molecule has 0 spiro atoms. The molecular formula is C14H21N3O. The van der Waals surface area contributed by atoms with Crippen molar-refractivity contribution in [2.75, 3.05) is 11.9 Å². The predicted molar refractivity (Wildman–Crippen MR) is 72.7 cm³/mol. The first kappa shape index (κ1) is 12.9. The Bertz CT molecular complexity index is 421. The molecule has 1 fully saturated rings. The number of carbonyl (C=O) groups excluding carboxylic acids is 1. The van der Waals surface area contributed by atoms with Crippen molar-refractivity contribution < 1.29 is 4.79 Å². The van der Waals surface area contributed by atoms with Crippen LogP contribution in [0.25, 0.3) is 0 Å². The molecule has 2 rings (SSSR count). The van der Waals surface area contributed by atoms with Crippen LogP contribution in [-0.4, -0.2) is 23.0 Å². The van der Waals surface area contributed by atoms with Crippen LogP contribution >= 0.6 is 0 Å². The third-order valence-corrected chi connectivity index (χ3v) is 3.74. The number of aromatic nitrogens is 1. The third-order valence-electron chi connectivity index (χ3n) is 3.74. The molecule has 0 aromatic carbocycles. The van der Waals surface area contributed by atoms with Gasteiger partial charge in [0, 0.05) is 24.0 Å². The van der Waals surface area contributed by atoms with Crippen molar-refractivity contribution in [1.29, 1.82) is 0 Å². The Hall–Kier alpha value is -1.58. The van der Waals surface area contributed by atoms with Crippen LogP contribution < -0.4 is 10.6 Å². The van der Waals surface area contributed by atoms with E-state index in [4.69, 9.17) is 0 Å². The highest BCUT2D eigenvalue weighted by Gasteiger charge is 2.36. The Balaban J connectivity index is 2.06. The Kier molecular flexibility index (Phi) is 3.84. The van der Waals surface area contributed by atoms with E-state index in [-0.39, 0.29) is 11.4 Å². The highest BCUT2D eigenvalue weighted by atomic mass is 16.2. The van der Waals surface area contributed by atoms with E-state index in [0.717, 1.165) is 31.5 Å². The maximum absolute atomic E-state index is 12.2. The molecule has 0 saturated heterocycles. The fraction of sp³-hybridized carbons (Fsp3) is 0.571. The molecule has 0 atom stereocenters. The van der Waals surface area contributed by atoms with Crippen molar-refractivity contribution in [1.82, 2.24) is 10.3 Å². The standard InChI is InChI=1S/C14H21N3O/c1-3-14(7-5-8-14)17-13(18)12-10-11(15-4-2)6-9-16-12/h6,9-10H,3-5,7-8H2,1-2H3,(H,15,16)(H,17,18). The molecule has 1 heterocycles. The van der Waals surface area contributed by atoms with Crippen LogP contribution in [0.5, 0.6) is 0 Å². The monoisotopic (exact) mass is 247 g/mol. The maximum Gasteiger partial charge on any atom is 0.270 e. The summed E-state index contributed by atoms with van der Waals surface area (Å²) in [6, 6.07) is 3.68. The van der Waals surface area contributed by atoms with Crippen LogP contribution in [0, 0.1) is 0 Å². The van der Waals surface area contributed by atoms with Crippen LogP contribution in [0.1, 0.15) is 50.0 Å². The minimum atomic E-state index is -0.0590. The molecule has 0 aliphatic heterocycles. The number of amides is 1. The molecule has 1 amide bonds. The van der Waals surface area contributed by atoms with E-state index >= 15 is 0 Å². The van der Waals surface area contributed by atoms with Gasteiger partial charge in [-0.15, -0.1) is 0 Å². The SMILES string of the molecule is CCNc1ccnc(C(=O)NC2(CC)CCC2)c1. The molecule has 0 bridgehead atoms. The first-order valence-corrected chi connectivity index (χ1v) is 6.71. The number of nitrogens with zero attached hydrogens (tertiary/aromatic N) is 1. The lowest BCUT2D eigenvalue weighted by Crippen LogP contribution is -2.53. The van der Waals surface area contributed by atoms with Gasteiger partial charge in [-0.1, -0.05) is 6.92 Å². The Labute approximate surface area is 108 Å². The summed E-state index contributed by atoms with van der Waals surface area (Å²) < 4.78 is 0. The summed E-state index contributed by atoms with van der Waals surface area (Å²) in [5, 5.41) is 6.32. The first-order chi connectivity index (χ1) is 8.69. The molecule has 1 aliphatic carbocycles. The largest absolute Gasteiger partial charge is 0.385 e. The summed E-state index contributed by atoms with van der Waals surface area (Å²) in [7, 11) is 0. The smallest absolute Gasteiger partial charge is 0.270 e. The van der Waals surface area contributed by atoms with Crippen LogP contribution in [-0.2, 0) is 0 Å². The molecule has 1 saturated carbocycles. The van der Waals surface area contributed by atoms with Gasteiger partial charge in [0.1, 0.15) is 5.69 Å². The van der Waals surface area contributed by atoms with Gasteiger partial charge < -0.3 is 10.6 Å². The second-order valence-electron chi connectivity index (χ2n) is 4.90. The second kappa shape index (κ2) is 5.38. The number of anilines is 1. The van der Waals surface area contributed by atoms with E-state index in [0.29, 0.717) is 5.69 Å². The van der Waals surface area contributed by atoms with Gasteiger partial charge in [0.2, 0.25) is 0 Å². The van der Waals surface area contributed by atoms with Gasteiger partial charge in [-0.2, -0.15) is 0 Å². The molecule has 0 radical (unpaired) electrons. The van der Waals surface area contributed by atoms with Gasteiger partial charge in [0.25, 0.3) is 5.91 Å². The molecular weight excluding hydrogens is 226 g/mol. The Morgan fingerprint density at radius 3 is 2.78 bits per heavy atom. The van der Waals surface area contributed by atoms with Crippen molar-refractivity contribution in [3.05, 3.63) is 24.0 Å². The van der Waals surface area contributed by atoms with Crippen LogP contribution in [0.3, 0.4) is 0 Å². The number of carbonyl (C=O) groups is 1. The van der Waals surface area contributed by atoms with Crippen molar-refractivity contribution in [2.24, 2.45) is 0 Å². The predicted octanol–water partition coefficient (Wildman–Crippen LogP) is 2.58. The molecule has 1 aromatic rings. The fourth-order valence-corrected chi connectivity index (χ4v) is 2.34. The zero-order chi connectivity index (χ0) is 13.0. The van der Waals surface area contributed by atoms with E-state index in [1.54, 1.807) is 12.3 Å². The number of hydrogen-bond acceptors (Lipinski definition) is 3. The second-order valence-corrected chi connectivity index (χ2v) is 4.90. The minimum absolute atomic E-state index is 0.0208. The van der Waals surface area contributed by atoms with E-state index in [2.05, 4.69) is 22.5 Å². The number of rotatable bonds is 5. The zero-order valence-corrected chi connectivity index (χ0v) is 11.1. The molecule has 4 heteroatoms. The van der Waals surface area contributed by atoms with Crippen molar-refractivity contribution in [3.8, 4) is 0 Å². The third kappa shape index (κ3) is 2.63. The number of nitrogens with one attached hydrogen (secondary N) is 2. The lowest BCUT2D eigenvalue weighted by Gasteiger charge is -2.41. The molecule has 1 aromatic heterocycles. The maximum atomic E-state index is 12.2. The van der Waals surface area contributed by atoms with Gasteiger partial charge in [0.05, 0.1) is 0 Å². The van der Waals surface area contributed by atoms with E-state index in [9.17, 15) is 4.79 Å². The summed E-state index contributed by atoms with van der Waals surface area (Å²) in [5.41, 5.74) is 1.46. The molecule has 18 heavy (non-hydrogen) atoms. The Morgan fingerprint density at radius 2 is 2.22 bits per heavy atom. The van der Waals surface area contributed by atoms with Crippen LogP contribution in [0.2, 0.25) is 0 Å². The van der Waals surface area contributed by atoms with Crippen molar-refractivity contribution in [3.63, 3.8) is 0 Å². The summed E-state index contributed by atoms with van der Waals surface area (Å²) in [6.45, 7) is 4.99. The van der Waals surface area contributed by atoms with Crippen molar-refractivity contribution in [2.45, 2.75) is 45.1 Å². The fourth-order valence-electron chi connectivity index (χ4n) is 2.34. The van der Waals surface area contributed by atoms with Crippen LogP contribution in [0.4, 0.5) is 5.69 Å². The van der Waals surface area contributed by atoms with E-state index in [1.165, 1.54) is 6.42 Å². The van der Waals surface area contributed by atoms with Gasteiger partial charge in [-0.3, -0.25) is 9.78 Å². The van der Waals surface area contributed by atoms with Gasteiger partial charge in [0.15, 0.2) is 0 Å². The molecule has 98 valence electrons. The average molecular weight is 247 g/mol. The van der Waals surface area contributed by atoms with E-state index < -0.39 is 0 Å². The highest BCUT2D eigenvalue weighted by molar-refractivity contribution is 5.93.